The van der Waals surface area contributed by atoms with Gasteiger partial charge in [0.2, 0.25) is 5.75 Å². The van der Waals surface area contributed by atoms with Crippen LogP contribution in [0.15, 0.2) is 30.3 Å². The molecule has 0 aliphatic carbocycles. The first-order chi connectivity index (χ1) is 16.7. The molecule has 0 bridgehead atoms. The molecule has 2 aromatic rings. The number of aromatic hydroxyl groups is 3. The van der Waals surface area contributed by atoms with Crippen molar-refractivity contribution in [1.82, 2.24) is 0 Å². The van der Waals surface area contributed by atoms with Crippen LogP contribution in [0.25, 0.3) is 0 Å². The van der Waals surface area contributed by atoms with E-state index in [2.05, 4.69) is 0 Å². The molecule has 35 heavy (non-hydrogen) atoms. The Morgan fingerprint density at radius 2 is 1.57 bits per heavy atom. The van der Waals surface area contributed by atoms with Crippen molar-refractivity contribution >= 4 is 5.97 Å². The monoisotopic (exact) mass is 496 g/mol. The lowest BCUT2D eigenvalue weighted by Crippen LogP contribution is -2.59. The van der Waals surface area contributed by atoms with Crippen molar-refractivity contribution in [3.05, 3.63) is 41.5 Å². The zero-order chi connectivity index (χ0) is 25.7. The summed E-state index contributed by atoms with van der Waals surface area (Å²) >= 11 is 0. The molecule has 12 nitrogen and oxygen atoms in total. The minimum absolute atomic E-state index is 0.00710. The fourth-order valence-corrected chi connectivity index (χ4v) is 3.46. The molecule has 5 atom stereocenters. The normalized spacial score (nSPS) is 24.1. The molecule has 1 aliphatic rings. The first-order valence-electron chi connectivity index (χ1n) is 10.6. The minimum atomic E-state index is -1.64. The van der Waals surface area contributed by atoms with Crippen molar-refractivity contribution in [3.8, 4) is 28.7 Å². The van der Waals surface area contributed by atoms with Gasteiger partial charge in [-0.3, -0.25) is 0 Å². The van der Waals surface area contributed by atoms with Gasteiger partial charge in [-0.05, 0) is 36.2 Å². The van der Waals surface area contributed by atoms with Crippen LogP contribution in [-0.2, 0) is 20.6 Å². The molecular weight excluding hydrogens is 468 g/mol. The van der Waals surface area contributed by atoms with Gasteiger partial charge in [-0.15, -0.1) is 0 Å². The van der Waals surface area contributed by atoms with Crippen molar-refractivity contribution in [2.24, 2.45) is 0 Å². The number of aliphatic hydroxyl groups excluding tert-OH is 3. The van der Waals surface area contributed by atoms with E-state index >= 15 is 0 Å². The van der Waals surface area contributed by atoms with E-state index in [4.69, 9.17) is 23.7 Å². The number of phenols is 3. The third kappa shape index (κ3) is 6.05. The van der Waals surface area contributed by atoms with Crippen LogP contribution < -0.4 is 9.47 Å². The van der Waals surface area contributed by atoms with Crippen molar-refractivity contribution < 1.29 is 59.1 Å². The van der Waals surface area contributed by atoms with Crippen LogP contribution in [0.1, 0.15) is 15.9 Å². The number of phenolic OH excluding ortho intramolecular Hbond substituents is 3. The Morgan fingerprint density at radius 1 is 0.914 bits per heavy atom. The maximum Gasteiger partial charge on any atom is 0.338 e. The van der Waals surface area contributed by atoms with E-state index in [9.17, 15) is 35.4 Å². The maximum absolute atomic E-state index is 12.5. The number of carbonyl (C=O) groups excluding carboxylic acids is 1. The van der Waals surface area contributed by atoms with Gasteiger partial charge in [0, 0.05) is 0 Å². The Balaban J connectivity index is 1.60. The van der Waals surface area contributed by atoms with Crippen molar-refractivity contribution in [2.45, 2.75) is 37.1 Å². The van der Waals surface area contributed by atoms with E-state index in [1.54, 1.807) is 6.07 Å². The molecule has 1 aliphatic heterocycles. The summed E-state index contributed by atoms with van der Waals surface area (Å²) in [6.07, 6.45) is -7.06. The number of rotatable bonds is 9. The van der Waals surface area contributed by atoms with E-state index in [1.807, 2.05) is 0 Å². The summed E-state index contributed by atoms with van der Waals surface area (Å²) in [4.78, 5) is 12.5. The standard InChI is InChI=1S/C23H28O12/c1-31-15-8-12(9-16(32-2)18(15)26)22(30)34-10-17-19(27)20(28)21(29)23(35-17)33-6-5-11-3-4-13(24)14(25)7-11/h3-4,7-9,17,19-21,23-29H,5-6,10H2,1-2H3. The smallest absolute Gasteiger partial charge is 0.338 e. The zero-order valence-electron chi connectivity index (χ0n) is 19.0. The molecule has 1 heterocycles. The summed E-state index contributed by atoms with van der Waals surface area (Å²) in [6.45, 7) is -0.477. The fourth-order valence-electron chi connectivity index (χ4n) is 3.46. The highest BCUT2D eigenvalue weighted by Crippen LogP contribution is 2.37. The fraction of sp³-hybridized carbons (Fsp3) is 0.435. The molecule has 12 heteroatoms. The second-order valence-electron chi connectivity index (χ2n) is 7.79. The number of esters is 1. The molecule has 3 rings (SSSR count). The molecule has 6 N–H and O–H groups in total. The zero-order valence-corrected chi connectivity index (χ0v) is 19.0. The van der Waals surface area contributed by atoms with Gasteiger partial charge < -0.3 is 54.3 Å². The third-order valence-electron chi connectivity index (χ3n) is 5.48. The van der Waals surface area contributed by atoms with Gasteiger partial charge in [-0.2, -0.15) is 0 Å². The predicted octanol–water partition coefficient (Wildman–Crippen LogP) is 0.0443. The van der Waals surface area contributed by atoms with E-state index in [-0.39, 0.29) is 47.3 Å². The lowest BCUT2D eigenvalue weighted by molar-refractivity contribution is -0.300. The van der Waals surface area contributed by atoms with Crippen LogP contribution in [0.4, 0.5) is 0 Å². The summed E-state index contributed by atoms with van der Waals surface area (Å²) in [5.74, 6) is -1.72. The molecular formula is C23H28O12. The highest BCUT2D eigenvalue weighted by atomic mass is 16.7. The third-order valence-corrected chi connectivity index (χ3v) is 5.48. The average molecular weight is 496 g/mol. The maximum atomic E-state index is 12.5. The van der Waals surface area contributed by atoms with Crippen LogP contribution in [0, 0.1) is 0 Å². The van der Waals surface area contributed by atoms with Crippen molar-refractivity contribution in [3.63, 3.8) is 0 Å². The van der Waals surface area contributed by atoms with Gasteiger partial charge in [0.05, 0.1) is 26.4 Å². The van der Waals surface area contributed by atoms with Gasteiger partial charge in [-0.25, -0.2) is 4.79 Å². The first-order valence-corrected chi connectivity index (χ1v) is 10.6. The Labute approximate surface area is 200 Å². The number of hydrogen-bond acceptors (Lipinski definition) is 12. The quantitative estimate of drug-likeness (QED) is 0.203. The van der Waals surface area contributed by atoms with Gasteiger partial charge >= 0.3 is 5.97 Å². The number of methoxy groups -OCH3 is 2. The van der Waals surface area contributed by atoms with Gasteiger partial charge in [0.25, 0.3) is 0 Å². The molecule has 0 aromatic heterocycles. The summed E-state index contributed by atoms with van der Waals surface area (Å²) in [5, 5.41) is 59.6. The summed E-state index contributed by atoms with van der Waals surface area (Å²) in [7, 11) is 2.60. The molecule has 5 unspecified atom stereocenters. The Hall–Kier alpha value is -3.29. The first kappa shape index (κ1) is 26.3. The van der Waals surface area contributed by atoms with Gasteiger partial charge in [0.1, 0.15) is 31.0 Å². The predicted molar refractivity (Wildman–Crippen MR) is 118 cm³/mol. The molecule has 0 amide bonds. The summed E-state index contributed by atoms with van der Waals surface area (Å²) in [5.41, 5.74) is 0.628. The number of aliphatic hydroxyl groups is 3. The van der Waals surface area contributed by atoms with Crippen LogP contribution in [0.3, 0.4) is 0 Å². The Kier molecular flexibility index (Phi) is 8.59. The highest BCUT2D eigenvalue weighted by Gasteiger charge is 2.44. The molecule has 0 saturated carbocycles. The molecule has 1 fully saturated rings. The van der Waals surface area contributed by atoms with Crippen LogP contribution in [-0.4, -0.2) is 94.7 Å². The number of carbonyl (C=O) groups is 1. The van der Waals surface area contributed by atoms with E-state index in [1.165, 1.54) is 38.5 Å². The lowest BCUT2D eigenvalue weighted by Gasteiger charge is -2.40. The van der Waals surface area contributed by atoms with E-state index < -0.39 is 43.3 Å². The number of hydrogen-bond donors (Lipinski definition) is 6. The molecule has 2 aromatic carbocycles. The largest absolute Gasteiger partial charge is 0.504 e. The highest BCUT2D eigenvalue weighted by molar-refractivity contribution is 5.91. The Morgan fingerprint density at radius 3 is 2.17 bits per heavy atom. The van der Waals surface area contributed by atoms with Gasteiger partial charge in [-0.1, -0.05) is 6.07 Å². The molecule has 1 saturated heterocycles. The SMILES string of the molecule is COc1cc(C(=O)OCC2OC(OCCc3ccc(O)c(O)c3)C(O)C(O)C2O)cc(OC)c1O. The van der Waals surface area contributed by atoms with Crippen LogP contribution in [0.5, 0.6) is 28.7 Å². The second-order valence-corrected chi connectivity index (χ2v) is 7.79. The van der Waals surface area contributed by atoms with E-state index in [0.29, 0.717) is 5.56 Å². The average Bonchev–Trinajstić information content (AvgIpc) is 2.85. The topological polar surface area (TPSA) is 185 Å². The number of ether oxygens (including phenoxy) is 5. The molecule has 0 radical (unpaired) electrons. The van der Waals surface area contributed by atoms with Crippen LogP contribution in [0.2, 0.25) is 0 Å². The molecule has 192 valence electrons. The number of benzene rings is 2. The van der Waals surface area contributed by atoms with Crippen molar-refractivity contribution in [1.29, 1.82) is 0 Å². The molecule has 0 spiro atoms. The summed E-state index contributed by atoms with van der Waals surface area (Å²) in [6, 6.07) is 6.73. The van der Waals surface area contributed by atoms with E-state index in [0.717, 1.165) is 0 Å². The van der Waals surface area contributed by atoms with Crippen molar-refractivity contribution in [2.75, 3.05) is 27.4 Å². The van der Waals surface area contributed by atoms with Gasteiger partial charge in [0.15, 0.2) is 29.3 Å². The minimum Gasteiger partial charge on any atom is -0.504 e. The Bertz CT molecular complexity index is 1000. The summed E-state index contributed by atoms with van der Waals surface area (Å²) < 4.78 is 26.2. The lowest BCUT2D eigenvalue weighted by atomic mass is 9.99. The second kappa shape index (κ2) is 11.4. The van der Waals surface area contributed by atoms with Crippen LogP contribution >= 0.6 is 0 Å².